The van der Waals surface area contributed by atoms with Gasteiger partial charge in [0.05, 0.1) is 6.61 Å². The Hall–Kier alpha value is -1.92. The van der Waals surface area contributed by atoms with Crippen molar-refractivity contribution < 1.29 is 29.3 Å². The van der Waals surface area contributed by atoms with Crippen molar-refractivity contribution in [1.82, 2.24) is 0 Å². The highest BCUT2D eigenvalue weighted by Crippen LogP contribution is 2.55. The maximum atomic E-state index is 12.4. The maximum Gasteiger partial charge on any atom is 0.342 e. The Morgan fingerprint density at radius 2 is 2.00 bits per heavy atom. The highest BCUT2D eigenvalue weighted by molar-refractivity contribution is 5.82. The van der Waals surface area contributed by atoms with Gasteiger partial charge < -0.3 is 19.7 Å². The Kier molecular flexibility index (Phi) is 7.90. The molecule has 1 fully saturated rings. The second kappa shape index (κ2) is 10.1. The van der Waals surface area contributed by atoms with Gasteiger partial charge in [0.25, 0.3) is 0 Å². The number of carbonyl (C=O) groups excluding carboxylic acids is 2. The molecule has 0 bridgehead atoms. The van der Waals surface area contributed by atoms with E-state index < -0.39 is 24.3 Å². The lowest BCUT2D eigenvalue weighted by molar-refractivity contribution is -0.145. The summed E-state index contributed by atoms with van der Waals surface area (Å²) >= 11 is 0. The Labute approximate surface area is 197 Å². The van der Waals surface area contributed by atoms with Gasteiger partial charge in [-0.05, 0) is 49.8 Å². The summed E-state index contributed by atoms with van der Waals surface area (Å²) in [6.07, 6.45) is 5.66. The van der Waals surface area contributed by atoms with Gasteiger partial charge in [-0.2, -0.15) is 0 Å². The Morgan fingerprint density at radius 1 is 1.27 bits per heavy atom. The van der Waals surface area contributed by atoms with Crippen molar-refractivity contribution in [3.05, 3.63) is 23.3 Å². The van der Waals surface area contributed by atoms with Crippen LogP contribution in [0, 0.1) is 5.92 Å². The normalized spacial score (nSPS) is 22.7. The highest BCUT2D eigenvalue weighted by Gasteiger charge is 2.48. The van der Waals surface area contributed by atoms with Gasteiger partial charge in [0.15, 0.2) is 6.10 Å². The van der Waals surface area contributed by atoms with Crippen LogP contribution in [0.15, 0.2) is 12.1 Å². The number of aliphatic hydroxyl groups is 2. The third-order valence-corrected chi connectivity index (χ3v) is 7.50. The van der Waals surface area contributed by atoms with E-state index in [2.05, 4.69) is 34.6 Å². The summed E-state index contributed by atoms with van der Waals surface area (Å²) in [5, 5.41) is 19.1. The van der Waals surface area contributed by atoms with Crippen LogP contribution in [-0.4, -0.2) is 40.3 Å². The fraction of sp³-hybridized carbons (Fsp3) is 0.704. The van der Waals surface area contributed by atoms with Crippen molar-refractivity contribution in [1.29, 1.82) is 0 Å². The zero-order valence-corrected chi connectivity index (χ0v) is 20.8. The molecule has 1 heterocycles. The summed E-state index contributed by atoms with van der Waals surface area (Å²) in [6.45, 7) is 9.96. The van der Waals surface area contributed by atoms with Gasteiger partial charge in [-0.1, -0.05) is 46.5 Å². The molecule has 184 valence electrons. The molecule has 0 amide bonds. The lowest BCUT2D eigenvalue weighted by Crippen LogP contribution is -2.47. The number of benzene rings is 1. The van der Waals surface area contributed by atoms with Crippen molar-refractivity contribution in [2.45, 2.75) is 109 Å². The molecule has 0 aromatic heterocycles. The smallest absolute Gasteiger partial charge is 0.342 e. The van der Waals surface area contributed by atoms with Gasteiger partial charge in [-0.15, -0.1) is 0 Å². The first-order chi connectivity index (χ1) is 15.5. The molecule has 2 N–H and O–H groups in total. The topological polar surface area (TPSA) is 93.1 Å². The molecule has 6 heteroatoms. The molecule has 3 rings (SSSR count). The molecule has 1 aromatic carbocycles. The van der Waals surface area contributed by atoms with E-state index in [0.717, 1.165) is 30.4 Å². The van der Waals surface area contributed by atoms with Crippen molar-refractivity contribution >= 4 is 11.8 Å². The van der Waals surface area contributed by atoms with E-state index >= 15 is 0 Å². The predicted molar refractivity (Wildman–Crippen MR) is 127 cm³/mol. The molecule has 1 aliphatic heterocycles. The minimum absolute atomic E-state index is 0.110. The lowest BCUT2D eigenvalue weighted by Gasteiger charge is -2.47. The van der Waals surface area contributed by atoms with Gasteiger partial charge >= 0.3 is 5.97 Å². The number of carbonyl (C=O) groups is 2. The number of hydrogen-bond acceptors (Lipinski definition) is 6. The standard InChI is InChI=1S/C27H40O6/c1-6-7-8-9-12-26(2,3)17-13-22(32-25(31)21(30)16-28)24-19-15-18(29)10-11-20(19)27(4,5)33-23(24)14-17/h13-14,19-21,28,30H,6-12,15-16H2,1-5H3/t19-,20-,21-/m1/s1. The van der Waals surface area contributed by atoms with Gasteiger partial charge in [-0.25, -0.2) is 4.79 Å². The van der Waals surface area contributed by atoms with Crippen molar-refractivity contribution in [2.75, 3.05) is 6.61 Å². The SMILES string of the molecule is CCCCCCC(C)(C)c1cc(OC(=O)[C@H](O)CO)c2c(c1)OC(C)(C)[C@@H]1CCC(=O)C[C@@H]21. The van der Waals surface area contributed by atoms with Crippen LogP contribution in [0.3, 0.4) is 0 Å². The summed E-state index contributed by atoms with van der Waals surface area (Å²) in [5.74, 6) is 0.295. The van der Waals surface area contributed by atoms with Crippen LogP contribution in [0.2, 0.25) is 0 Å². The van der Waals surface area contributed by atoms with E-state index in [1.807, 2.05) is 12.1 Å². The third-order valence-electron chi connectivity index (χ3n) is 7.50. The average molecular weight is 461 g/mol. The van der Waals surface area contributed by atoms with Crippen LogP contribution in [0.4, 0.5) is 0 Å². The molecule has 0 radical (unpaired) electrons. The minimum Gasteiger partial charge on any atom is -0.487 e. The van der Waals surface area contributed by atoms with E-state index in [1.165, 1.54) is 19.3 Å². The van der Waals surface area contributed by atoms with Crippen molar-refractivity contribution in [3.63, 3.8) is 0 Å². The molecule has 1 aliphatic carbocycles. The van der Waals surface area contributed by atoms with Gasteiger partial charge in [0.2, 0.25) is 0 Å². The first-order valence-electron chi connectivity index (χ1n) is 12.4. The van der Waals surface area contributed by atoms with Crippen LogP contribution in [0.25, 0.3) is 0 Å². The molecule has 6 nitrogen and oxygen atoms in total. The molecule has 0 unspecified atom stereocenters. The summed E-state index contributed by atoms with van der Waals surface area (Å²) < 4.78 is 12.2. The summed E-state index contributed by atoms with van der Waals surface area (Å²) in [4.78, 5) is 24.8. The van der Waals surface area contributed by atoms with Gasteiger partial charge in [0.1, 0.15) is 22.9 Å². The van der Waals surface area contributed by atoms with E-state index in [9.17, 15) is 19.8 Å². The quantitative estimate of drug-likeness (QED) is 0.312. The van der Waals surface area contributed by atoms with E-state index in [-0.39, 0.29) is 23.0 Å². The second-order valence-corrected chi connectivity index (χ2v) is 10.9. The lowest BCUT2D eigenvalue weighted by atomic mass is 9.66. The zero-order valence-electron chi connectivity index (χ0n) is 20.8. The molecule has 1 saturated carbocycles. The fourth-order valence-electron chi connectivity index (χ4n) is 5.42. The number of ether oxygens (including phenoxy) is 2. The Morgan fingerprint density at radius 3 is 2.67 bits per heavy atom. The number of aliphatic hydroxyl groups excluding tert-OH is 2. The number of fused-ring (bicyclic) bond motifs is 3. The van der Waals surface area contributed by atoms with Crippen molar-refractivity contribution in [2.24, 2.45) is 5.92 Å². The summed E-state index contributed by atoms with van der Waals surface area (Å²) in [5.41, 5.74) is 1.10. The number of unbranched alkanes of at least 4 members (excludes halogenated alkanes) is 3. The molecule has 0 saturated heterocycles. The monoisotopic (exact) mass is 460 g/mol. The average Bonchev–Trinajstić information content (AvgIpc) is 2.75. The molecular formula is C27H40O6. The largest absolute Gasteiger partial charge is 0.487 e. The summed E-state index contributed by atoms with van der Waals surface area (Å²) in [7, 11) is 0. The van der Waals surface area contributed by atoms with E-state index in [1.54, 1.807) is 0 Å². The van der Waals surface area contributed by atoms with E-state index in [0.29, 0.717) is 24.3 Å². The number of Topliss-reactive ketones (excluding diaryl/α,β-unsaturated/α-hetero) is 1. The molecule has 33 heavy (non-hydrogen) atoms. The maximum absolute atomic E-state index is 12.4. The second-order valence-electron chi connectivity index (χ2n) is 10.9. The molecule has 3 atom stereocenters. The Bertz CT molecular complexity index is 872. The minimum atomic E-state index is -1.61. The molecule has 0 spiro atoms. The Balaban J connectivity index is 2.06. The number of esters is 1. The highest BCUT2D eigenvalue weighted by atomic mass is 16.6. The first kappa shape index (κ1) is 25.7. The van der Waals surface area contributed by atoms with Crippen LogP contribution in [-0.2, 0) is 15.0 Å². The molecular weight excluding hydrogens is 420 g/mol. The third kappa shape index (κ3) is 5.60. The van der Waals surface area contributed by atoms with Crippen LogP contribution < -0.4 is 9.47 Å². The number of ketones is 1. The van der Waals surface area contributed by atoms with Gasteiger partial charge in [-0.3, -0.25) is 4.79 Å². The first-order valence-corrected chi connectivity index (χ1v) is 12.4. The zero-order chi connectivity index (χ0) is 24.4. The van der Waals surface area contributed by atoms with Crippen LogP contribution in [0.5, 0.6) is 11.5 Å². The van der Waals surface area contributed by atoms with Crippen LogP contribution >= 0.6 is 0 Å². The summed E-state index contributed by atoms with van der Waals surface area (Å²) in [6, 6.07) is 3.92. The van der Waals surface area contributed by atoms with Crippen molar-refractivity contribution in [3.8, 4) is 11.5 Å². The fourth-order valence-corrected chi connectivity index (χ4v) is 5.42. The number of hydrogen-bond donors (Lipinski definition) is 2. The van der Waals surface area contributed by atoms with Crippen LogP contribution in [0.1, 0.15) is 103 Å². The molecule has 2 aliphatic rings. The molecule has 1 aromatic rings. The number of rotatable bonds is 9. The van der Waals surface area contributed by atoms with Gasteiger partial charge in [0, 0.05) is 30.2 Å². The predicted octanol–water partition coefficient (Wildman–Crippen LogP) is 4.82. The van der Waals surface area contributed by atoms with E-state index in [4.69, 9.17) is 9.47 Å².